The summed E-state index contributed by atoms with van der Waals surface area (Å²) < 4.78 is 10.2. The van der Waals surface area contributed by atoms with Gasteiger partial charge in [-0.25, -0.2) is 4.79 Å². The van der Waals surface area contributed by atoms with E-state index in [1.807, 2.05) is 0 Å². The first-order valence-electron chi connectivity index (χ1n) is 8.51. The molecule has 1 aliphatic rings. The number of carbonyl (C=O) groups excluding carboxylic acids is 2. The molecule has 0 radical (unpaired) electrons. The highest BCUT2D eigenvalue weighted by Gasteiger charge is 2.27. The Morgan fingerprint density at radius 1 is 1.38 bits per heavy atom. The van der Waals surface area contributed by atoms with Crippen molar-refractivity contribution in [3.63, 3.8) is 0 Å². The number of ether oxygens (including phenoxy) is 1. The number of carbonyl (C=O) groups is 2. The molecule has 2 amide bonds. The first-order chi connectivity index (χ1) is 12.2. The highest BCUT2D eigenvalue weighted by molar-refractivity contribution is 6.33. The van der Waals surface area contributed by atoms with Crippen molar-refractivity contribution in [2.75, 3.05) is 13.1 Å². The van der Waals surface area contributed by atoms with E-state index in [1.165, 1.54) is 6.07 Å². The summed E-state index contributed by atoms with van der Waals surface area (Å²) in [4.78, 5) is 26.3. The standard InChI is InChI=1S/C17H24BClN2O5/c1-17(2,3)25-16(23)20-12-5-4-8-21(10-12)15(22)11-6-7-14(26-18-24)13(19)9-11/h6-7,9,12,18,24H,4-5,8,10H2,1-3H3,(H,20,23). The predicted molar refractivity (Wildman–Crippen MR) is 99.7 cm³/mol. The van der Waals surface area contributed by atoms with Crippen LogP contribution in [0.5, 0.6) is 5.75 Å². The van der Waals surface area contributed by atoms with Gasteiger partial charge < -0.3 is 24.6 Å². The van der Waals surface area contributed by atoms with Gasteiger partial charge in [-0.3, -0.25) is 4.79 Å². The lowest BCUT2D eigenvalue weighted by atomic mass is 10.0. The van der Waals surface area contributed by atoms with Gasteiger partial charge in [0.15, 0.2) is 0 Å². The van der Waals surface area contributed by atoms with E-state index < -0.39 is 19.4 Å². The van der Waals surface area contributed by atoms with Crippen molar-refractivity contribution < 1.29 is 24.0 Å². The molecule has 0 spiro atoms. The summed E-state index contributed by atoms with van der Waals surface area (Å²) in [5.41, 5.74) is -0.137. The van der Waals surface area contributed by atoms with Crippen LogP contribution >= 0.6 is 11.6 Å². The maximum Gasteiger partial charge on any atom is 0.504 e. The summed E-state index contributed by atoms with van der Waals surface area (Å²) in [7, 11) is -0.489. The SMILES string of the molecule is CC(C)(C)OC(=O)NC1CCCN(C(=O)c2ccc(OBO)c(Cl)c2)C1. The number of benzene rings is 1. The van der Waals surface area contributed by atoms with E-state index in [2.05, 4.69) is 5.32 Å². The van der Waals surface area contributed by atoms with Gasteiger partial charge in [-0.2, -0.15) is 0 Å². The Kier molecular flexibility index (Phi) is 6.78. The fourth-order valence-electron chi connectivity index (χ4n) is 2.76. The van der Waals surface area contributed by atoms with Crippen LogP contribution in [0, 0.1) is 0 Å². The molecule has 0 aromatic heterocycles. The number of nitrogens with one attached hydrogen (secondary N) is 1. The number of rotatable bonds is 4. The van der Waals surface area contributed by atoms with Crippen LogP contribution in [0.15, 0.2) is 18.2 Å². The van der Waals surface area contributed by atoms with Gasteiger partial charge in [0.25, 0.3) is 5.91 Å². The van der Waals surface area contributed by atoms with Gasteiger partial charge in [-0.15, -0.1) is 0 Å². The van der Waals surface area contributed by atoms with E-state index in [0.717, 1.165) is 12.8 Å². The highest BCUT2D eigenvalue weighted by atomic mass is 35.5. The smallest absolute Gasteiger partial charge is 0.504 e. The third kappa shape index (κ3) is 5.81. The Morgan fingerprint density at radius 2 is 2.12 bits per heavy atom. The molecule has 1 aromatic carbocycles. The van der Waals surface area contributed by atoms with Crippen LogP contribution in [0.2, 0.25) is 5.02 Å². The summed E-state index contributed by atoms with van der Waals surface area (Å²) in [6.07, 6.45) is 1.09. The number of nitrogens with zero attached hydrogens (tertiary/aromatic N) is 1. The van der Waals surface area contributed by atoms with Gasteiger partial charge in [0.2, 0.25) is 0 Å². The zero-order valence-corrected chi connectivity index (χ0v) is 16.0. The summed E-state index contributed by atoms with van der Waals surface area (Å²) in [5.74, 6) is 0.145. The van der Waals surface area contributed by atoms with Crippen LogP contribution in [-0.4, -0.2) is 54.3 Å². The van der Waals surface area contributed by atoms with Crippen molar-refractivity contribution in [1.82, 2.24) is 10.2 Å². The molecule has 1 aromatic rings. The van der Waals surface area contributed by atoms with E-state index in [0.29, 0.717) is 24.4 Å². The molecule has 7 nitrogen and oxygen atoms in total. The lowest BCUT2D eigenvalue weighted by Crippen LogP contribution is -2.50. The Balaban J connectivity index is 1.99. The fraction of sp³-hybridized carbons (Fsp3) is 0.529. The van der Waals surface area contributed by atoms with Crippen LogP contribution < -0.4 is 9.97 Å². The number of hydrogen-bond donors (Lipinski definition) is 2. The number of likely N-dealkylation sites (tertiary alicyclic amines) is 1. The van der Waals surface area contributed by atoms with Crippen molar-refractivity contribution >= 4 is 31.3 Å². The van der Waals surface area contributed by atoms with Crippen LogP contribution in [0.25, 0.3) is 0 Å². The second-order valence-corrected chi connectivity index (χ2v) is 7.56. The Labute approximate surface area is 158 Å². The van der Waals surface area contributed by atoms with E-state index in [9.17, 15) is 9.59 Å². The average molecular weight is 383 g/mol. The molecule has 1 unspecified atom stereocenters. The van der Waals surface area contributed by atoms with E-state index in [1.54, 1.807) is 37.8 Å². The summed E-state index contributed by atoms with van der Waals surface area (Å²) in [5, 5.41) is 11.9. The van der Waals surface area contributed by atoms with Gasteiger partial charge in [0.1, 0.15) is 11.4 Å². The van der Waals surface area contributed by atoms with Gasteiger partial charge in [-0.05, 0) is 51.8 Å². The van der Waals surface area contributed by atoms with Crippen molar-refractivity contribution in [3.8, 4) is 5.75 Å². The van der Waals surface area contributed by atoms with E-state index in [-0.39, 0.29) is 17.0 Å². The van der Waals surface area contributed by atoms with Crippen molar-refractivity contribution in [3.05, 3.63) is 28.8 Å². The lowest BCUT2D eigenvalue weighted by Gasteiger charge is -2.33. The number of alkyl carbamates (subject to hydrolysis) is 1. The summed E-state index contributed by atoms with van der Waals surface area (Å²) in [6, 6.07) is 4.51. The molecule has 1 atom stereocenters. The minimum Gasteiger partial charge on any atom is -0.538 e. The third-order valence-corrected chi connectivity index (χ3v) is 4.12. The maximum atomic E-state index is 12.7. The van der Waals surface area contributed by atoms with Crippen LogP contribution in [0.1, 0.15) is 44.0 Å². The monoisotopic (exact) mass is 382 g/mol. The molecule has 1 saturated heterocycles. The number of piperidine rings is 1. The Hall–Kier alpha value is -1.93. The molecule has 26 heavy (non-hydrogen) atoms. The zero-order chi connectivity index (χ0) is 19.3. The van der Waals surface area contributed by atoms with Crippen molar-refractivity contribution in [2.45, 2.75) is 45.3 Å². The van der Waals surface area contributed by atoms with Crippen LogP contribution in [0.4, 0.5) is 4.79 Å². The van der Waals surface area contributed by atoms with Crippen LogP contribution in [-0.2, 0) is 4.74 Å². The van der Waals surface area contributed by atoms with E-state index in [4.69, 9.17) is 26.0 Å². The molecule has 142 valence electrons. The van der Waals surface area contributed by atoms with E-state index >= 15 is 0 Å². The average Bonchev–Trinajstić information content (AvgIpc) is 2.54. The lowest BCUT2D eigenvalue weighted by molar-refractivity contribution is 0.0452. The first kappa shape index (κ1) is 20.4. The summed E-state index contributed by atoms with van der Waals surface area (Å²) >= 11 is 6.07. The molecule has 1 heterocycles. The molecule has 0 bridgehead atoms. The quantitative estimate of drug-likeness (QED) is 0.779. The topological polar surface area (TPSA) is 88.1 Å². The molecule has 9 heteroatoms. The summed E-state index contributed by atoms with van der Waals surface area (Å²) in [6.45, 7) is 6.42. The van der Waals surface area contributed by atoms with Crippen molar-refractivity contribution in [2.24, 2.45) is 0 Å². The Bertz CT molecular complexity index is 665. The highest BCUT2D eigenvalue weighted by Crippen LogP contribution is 2.26. The zero-order valence-electron chi connectivity index (χ0n) is 15.3. The maximum absolute atomic E-state index is 12.7. The number of hydrogen-bond acceptors (Lipinski definition) is 5. The molecule has 2 rings (SSSR count). The molecular formula is C17H24BClN2O5. The Morgan fingerprint density at radius 3 is 2.73 bits per heavy atom. The largest absolute Gasteiger partial charge is 0.538 e. The number of halogens is 1. The fourth-order valence-corrected chi connectivity index (χ4v) is 2.99. The molecule has 1 fully saturated rings. The predicted octanol–water partition coefficient (Wildman–Crippen LogP) is 2.11. The van der Waals surface area contributed by atoms with Gasteiger partial charge in [-0.1, -0.05) is 11.6 Å². The van der Waals surface area contributed by atoms with Gasteiger partial charge in [0.05, 0.1) is 5.02 Å². The molecular weight excluding hydrogens is 358 g/mol. The molecule has 0 saturated carbocycles. The minimum absolute atomic E-state index is 0.157. The normalized spacial score (nSPS) is 17.4. The minimum atomic E-state index is -0.566. The van der Waals surface area contributed by atoms with Gasteiger partial charge in [0, 0.05) is 24.7 Å². The number of amides is 2. The first-order valence-corrected chi connectivity index (χ1v) is 8.89. The second kappa shape index (κ2) is 8.64. The van der Waals surface area contributed by atoms with Crippen molar-refractivity contribution in [1.29, 1.82) is 0 Å². The van der Waals surface area contributed by atoms with Crippen LogP contribution in [0.3, 0.4) is 0 Å². The third-order valence-electron chi connectivity index (χ3n) is 3.83. The molecule has 0 aliphatic carbocycles. The second-order valence-electron chi connectivity index (χ2n) is 7.16. The van der Waals surface area contributed by atoms with Gasteiger partial charge >= 0.3 is 13.8 Å². The molecule has 2 N–H and O–H groups in total. The molecule has 1 aliphatic heterocycles.